The van der Waals surface area contributed by atoms with Gasteiger partial charge in [-0.25, -0.2) is 8.42 Å². The second kappa shape index (κ2) is 13.3. The lowest BCUT2D eigenvalue weighted by atomic mass is 10.0. The Kier molecular flexibility index (Phi) is 10.4. The number of amides is 2. The predicted molar refractivity (Wildman–Crippen MR) is 163 cm³/mol. The summed E-state index contributed by atoms with van der Waals surface area (Å²) in [6.07, 6.45) is -0.0638. The number of hydrogen-bond donors (Lipinski definition) is 4. The van der Waals surface area contributed by atoms with Crippen LogP contribution in [0.5, 0.6) is 0 Å². The molecule has 40 heavy (non-hydrogen) atoms. The summed E-state index contributed by atoms with van der Waals surface area (Å²) in [6.45, 7) is 9.60. The lowest BCUT2D eigenvalue weighted by Gasteiger charge is -2.24. The number of fused-ring (bicyclic) bond motifs is 1. The van der Waals surface area contributed by atoms with Crippen LogP contribution < -0.4 is 20.7 Å². The van der Waals surface area contributed by atoms with E-state index in [1.807, 2.05) is 70.2 Å². The molecule has 0 heterocycles. The predicted octanol–water partition coefficient (Wildman–Crippen LogP) is 4.11. The molecule has 214 valence electrons. The van der Waals surface area contributed by atoms with Crippen molar-refractivity contribution in [3.63, 3.8) is 0 Å². The Morgan fingerprint density at radius 1 is 0.950 bits per heavy atom. The highest BCUT2D eigenvalue weighted by Gasteiger charge is 2.28. The van der Waals surface area contributed by atoms with Crippen LogP contribution in [0, 0.1) is 6.92 Å². The van der Waals surface area contributed by atoms with E-state index in [9.17, 15) is 18.0 Å². The number of carbonyl (C=O) groups excluding carboxylic acids is 2. The average Bonchev–Trinajstić information content (AvgIpc) is 2.88. The van der Waals surface area contributed by atoms with Crippen molar-refractivity contribution in [2.45, 2.75) is 76.5 Å². The molecule has 2 atom stereocenters. The second-order valence-electron chi connectivity index (χ2n) is 10.9. The Bertz CT molecular complexity index is 1460. The van der Waals surface area contributed by atoms with Gasteiger partial charge in [0, 0.05) is 18.5 Å². The molecular weight excluding hydrogens is 544 g/mol. The number of nitrogens with one attached hydrogen (secondary N) is 4. The molecular formula is C30H38N4O4S2. The van der Waals surface area contributed by atoms with Crippen molar-refractivity contribution in [3.8, 4) is 0 Å². The molecule has 0 aliphatic heterocycles. The summed E-state index contributed by atoms with van der Waals surface area (Å²) in [5.74, 6) is -0.846. The Morgan fingerprint density at radius 2 is 1.60 bits per heavy atom. The zero-order valence-corrected chi connectivity index (χ0v) is 25.2. The summed E-state index contributed by atoms with van der Waals surface area (Å²) in [7, 11) is -4.02. The van der Waals surface area contributed by atoms with Crippen molar-refractivity contribution in [2.75, 3.05) is 0 Å². The zero-order chi connectivity index (χ0) is 29.5. The van der Waals surface area contributed by atoms with Crippen molar-refractivity contribution in [1.82, 2.24) is 20.7 Å². The molecule has 3 aromatic rings. The summed E-state index contributed by atoms with van der Waals surface area (Å²) in [6, 6.07) is 18.7. The lowest BCUT2D eigenvalue weighted by Crippen LogP contribution is -2.52. The first-order chi connectivity index (χ1) is 18.7. The summed E-state index contributed by atoms with van der Waals surface area (Å²) in [5.41, 5.74) is 1.52. The number of sulfonamides is 1. The van der Waals surface area contributed by atoms with Gasteiger partial charge < -0.3 is 16.0 Å². The highest BCUT2D eigenvalue weighted by atomic mass is 32.2. The Morgan fingerprint density at radius 3 is 2.27 bits per heavy atom. The molecule has 3 rings (SSSR count). The Hall–Kier alpha value is -3.34. The number of carbonyl (C=O) groups is 2. The number of thiocarbonyl (C=S) groups is 1. The van der Waals surface area contributed by atoms with E-state index in [0.717, 1.165) is 21.9 Å². The van der Waals surface area contributed by atoms with Crippen molar-refractivity contribution in [3.05, 3.63) is 77.9 Å². The van der Waals surface area contributed by atoms with Crippen LogP contribution in [0.3, 0.4) is 0 Å². The highest BCUT2D eigenvalue weighted by Crippen LogP contribution is 2.18. The molecule has 0 spiro atoms. The minimum Gasteiger partial charge on any atom is -0.374 e. The van der Waals surface area contributed by atoms with Crippen LogP contribution in [0.25, 0.3) is 10.8 Å². The first kappa shape index (κ1) is 31.2. The van der Waals surface area contributed by atoms with Crippen molar-refractivity contribution in [2.24, 2.45) is 0 Å². The molecule has 3 aromatic carbocycles. The van der Waals surface area contributed by atoms with Gasteiger partial charge in [0.1, 0.15) is 6.04 Å². The number of rotatable bonds is 11. The highest BCUT2D eigenvalue weighted by molar-refractivity contribution is 7.89. The normalized spacial score (nSPS) is 13.3. The average molecular weight is 583 g/mol. The third kappa shape index (κ3) is 9.11. The van der Waals surface area contributed by atoms with E-state index >= 15 is 0 Å². The molecule has 10 heteroatoms. The fourth-order valence-corrected chi connectivity index (χ4v) is 5.50. The molecule has 8 nitrogen and oxygen atoms in total. The van der Waals surface area contributed by atoms with Crippen LogP contribution in [0.1, 0.15) is 51.7 Å². The third-order valence-corrected chi connectivity index (χ3v) is 8.19. The van der Waals surface area contributed by atoms with Gasteiger partial charge in [-0.1, -0.05) is 72.4 Å². The number of benzene rings is 3. The van der Waals surface area contributed by atoms with E-state index in [-0.39, 0.29) is 23.6 Å². The van der Waals surface area contributed by atoms with Gasteiger partial charge in [-0.3, -0.25) is 9.59 Å². The Labute approximate surface area is 242 Å². The minimum absolute atomic E-state index is 0.0260. The van der Waals surface area contributed by atoms with Crippen LogP contribution in [0.15, 0.2) is 71.6 Å². The van der Waals surface area contributed by atoms with Gasteiger partial charge in [-0.2, -0.15) is 4.72 Å². The van der Waals surface area contributed by atoms with Crippen LogP contribution in [0.2, 0.25) is 0 Å². The van der Waals surface area contributed by atoms with E-state index in [2.05, 4.69) is 20.7 Å². The van der Waals surface area contributed by atoms with E-state index in [1.54, 1.807) is 19.1 Å². The van der Waals surface area contributed by atoms with Gasteiger partial charge in [0.25, 0.3) is 0 Å². The molecule has 0 fully saturated rings. The molecule has 0 aliphatic rings. The molecule has 0 saturated carbocycles. The van der Waals surface area contributed by atoms with Gasteiger partial charge in [0.05, 0.1) is 15.9 Å². The Balaban J connectivity index is 1.69. The topological polar surface area (TPSA) is 116 Å². The molecule has 0 aliphatic carbocycles. The lowest BCUT2D eigenvalue weighted by molar-refractivity contribution is -0.124. The SMILES string of the molecule is Cc1ccc(S(=O)(=O)N[C@@H](CCC(=O)NC(C)(C)C)C(=O)N[C@@H](C)C(=S)NCc2cccc3ccccc23)cc1. The molecule has 0 saturated heterocycles. The molecule has 0 radical (unpaired) electrons. The molecule has 2 amide bonds. The van der Waals surface area contributed by atoms with Crippen LogP contribution in [-0.4, -0.2) is 42.8 Å². The van der Waals surface area contributed by atoms with E-state index < -0.39 is 33.6 Å². The second-order valence-corrected chi connectivity index (χ2v) is 13.1. The standard InChI is InChI=1S/C30H38N4O4S2/c1-20-13-15-24(16-14-20)40(37,38)34-26(17-18-27(35)33-30(3,4)5)28(36)32-21(2)29(39)31-19-23-11-8-10-22-9-6-7-12-25(22)23/h6-16,21,26,34H,17-19H2,1-5H3,(H,31,39)(H,32,36)(H,33,35)/t21-,26-/m0/s1. The summed E-state index contributed by atoms with van der Waals surface area (Å²) in [5, 5.41) is 11.1. The number of hydrogen-bond acceptors (Lipinski definition) is 5. The van der Waals surface area contributed by atoms with Crippen LogP contribution in [0.4, 0.5) is 0 Å². The molecule has 0 aromatic heterocycles. The maximum absolute atomic E-state index is 13.3. The molecule has 0 unspecified atom stereocenters. The van der Waals surface area contributed by atoms with Crippen molar-refractivity contribution >= 4 is 49.8 Å². The fraction of sp³-hybridized carbons (Fsp3) is 0.367. The van der Waals surface area contributed by atoms with Crippen LogP contribution >= 0.6 is 12.2 Å². The van der Waals surface area contributed by atoms with Gasteiger partial charge in [0.15, 0.2) is 0 Å². The quantitative estimate of drug-likeness (QED) is 0.253. The smallest absolute Gasteiger partial charge is 0.241 e. The molecule has 0 bridgehead atoms. The van der Waals surface area contributed by atoms with E-state index in [0.29, 0.717) is 11.5 Å². The third-order valence-electron chi connectivity index (χ3n) is 6.20. The van der Waals surface area contributed by atoms with Gasteiger partial charge in [0.2, 0.25) is 21.8 Å². The van der Waals surface area contributed by atoms with E-state index in [1.165, 1.54) is 12.1 Å². The summed E-state index contributed by atoms with van der Waals surface area (Å²) >= 11 is 5.54. The van der Waals surface area contributed by atoms with Crippen molar-refractivity contribution in [1.29, 1.82) is 0 Å². The first-order valence-electron chi connectivity index (χ1n) is 13.2. The van der Waals surface area contributed by atoms with E-state index in [4.69, 9.17) is 12.2 Å². The molecule has 4 N–H and O–H groups in total. The fourth-order valence-electron chi connectivity index (χ4n) is 4.13. The summed E-state index contributed by atoms with van der Waals surface area (Å²) < 4.78 is 28.7. The van der Waals surface area contributed by atoms with Crippen LogP contribution in [-0.2, 0) is 26.2 Å². The van der Waals surface area contributed by atoms with Gasteiger partial charge in [-0.05, 0) is 69.5 Å². The van der Waals surface area contributed by atoms with Gasteiger partial charge in [-0.15, -0.1) is 0 Å². The largest absolute Gasteiger partial charge is 0.374 e. The monoisotopic (exact) mass is 582 g/mol. The maximum Gasteiger partial charge on any atom is 0.241 e. The van der Waals surface area contributed by atoms with Crippen molar-refractivity contribution < 1.29 is 18.0 Å². The summed E-state index contributed by atoms with van der Waals surface area (Å²) in [4.78, 5) is 26.2. The minimum atomic E-state index is -4.02. The first-order valence-corrected chi connectivity index (χ1v) is 15.1. The maximum atomic E-state index is 13.3. The van der Waals surface area contributed by atoms with Gasteiger partial charge >= 0.3 is 0 Å². The zero-order valence-electron chi connectivity index (χ0n) is 23.6. The number of aryl methyl sites for hydroxylation is 1.